The van der Waals surface area contributed by atoms with Crippen molar-refractivity contribution in [3.8, 4) is 5.75 Å². The van der Waals surface area contributed by atoms with E-state index in [9.17, 15) is 9.59 Å². The van der Waals surface area contributed by atoms with Gasteiger partial charge in [0.1, 0.15) is 11.8 Å². The van der Waals surface area contributed by atoms with Crippen LogP contribution in [0.2, 0.25) is 5.02 Å². The number of amides is 2. The summed E-state index contributed by atoms with van der Waals surface area (Å²) in [6.07, 6.45) is -0.0602. The summed E-state index contributed by atoms with van der Waals surface area (Å²) >= 11 is 5.95. The summed E-state index contributed by atoms with van der Waals surface area (Å²) in [5, 5.41) is 5.92. The third-order valence-electron chi connectivity index (χ3n) is 3.94. The van der Waals surface area contributed by atoms with Crippen LogP contribution in [0, 0.1) is 0 Å². The number of aliphatic imine (C=N–C) groups is 1. The Morgan fingerprint density at radius 3 is 2.96 bits per heavy atom. The highest BCUT2D eigenvalue weighted by molar-refractivity contribution is 6.31. The van der Waals surface area contributed by atoms with Gasteiger partial charge in [-0.1, -0.05) is 11.6 Å². The van der Waals surface area contributed by atoms with Gasteiger partial charge in [-0.05, 0) is 18.2 Å². The molecular formula is C16H19ClN4O4. The summed E-state index contributed by atoms with van der Waals surface area (Å²) in [6.45, 7) is 2.51. The van der Waals surface area contributed by atoms with Crippen LogP contribution in [0.3, 0.4) is 0 Å². The Hall–Kier alpha value is -2.32. The van der Waals surface area contributed by atoms with E-state index in [1.165, 1.54) is 7.11 Å². The van der Waals surface area contributed by atoms with Gasteiger partial charge < -0.3 is 19.7 Å². The van der Waals surface area contributed by atoms with Gasteiger partial charge in [-0.25, -0.2) is 4.99 Å². The molecule has 0 radical (unpaired) electrons. The summed E-state index contributed by atoms with van der Waals surface area (Å²) in [5.74, 6) is 0.375. The maximum absolute atomic E-state index is 12.3. The fraction of sp³-hybridized carbons (Fsp3) is 0.438. The molecule has 2 aliphatic heterocycles. The molecule has 1 aromatic rings. The van der Waals surface area contributed by atoms with E-state index >= 15 is 0 Å². The lowest BCUT2D eigenvalue weighted by molar-refractivity contribution is -0.124. The number of nitrogens with one attached hydrogen (secondary N) is 2. The number of carbonyl (C=O) groups excluding carboxylic acids is 2. The molecule has 0 bridgehead atoms. The van der Waals surface area contributed by atoms with Gasteiger partial charge in [0.2, 0.25) is 11.9 Å². The highest BCUT2D eigenvalue weighted by Crippen LogP contribution is 2.28. The molecule has 0 aliphatic carbocycles. The van der Waals surface area contributed by atoms with Gasteiger partial charge in [0, 0.05) is 18.1 Å². The van der Waals surface area contributed by atoms with E-state index in [0.29, 0.717) is 48.7 Å². The normalized spacial score (nSPS) is 20.1. The topological polar surface area (TPSA) is 92.3 Å². The molecule has 2 heterocycles. The molecule has 0 aromatic heterocycles. The van der Waals surface area contributed by atoms with E-state index in [0.717, 1.165) is 0 Å². The van der Waals surface area contributed by atoms with Crippen LogP contribution in [0.5, 0.6) is 5.75 Å². The van der Waals surface area contributed by atoms with Crippen molar-refractivity contribution >= 4 is 35.1 Å². The Bertz CT molecular complexity index is 703. The largest absolute Gasteiger partial charge is 0.495 e. The van der Waals surface area contributed by atoms with Crippen LogP contribution in [0.15, 0.2) is 23.2 Å². The lowest BCUT2D eigenvalue weighted by atomic mass is 10.2. The zero-order valence-electron chi connectivity index (χ0n) is 13.8. The predicted molar refractivity (Wildman–Crippen MR) is 93.0 cm³/mol. The van der Waals surface area contributed by atoms with E-state index in [-0.39, 0.29) is 18.2 Å². The Morgan fingerprint density at radius 2 is 2.24 bits per heavy atom. The fourth-order valence-corrected chi connectivity index (χ4v) is 2.83. The molecular weight excluding hydrogens is 348 g/mol. The van der Waals surface area contributed by atoms with Crippen molar-refractivity contribution in [3.63, 3.8) is 0 Å². The predicted octanol–water partition coefficient (Wildman–Crippen LogP) is 0.864. The highest BCUT2D eigenvalue weighted by Gasteiger charge is 2.31. The van der Waals surface area contributed by atoms with Crippen LogP contribution in [0.25, 0.3) is 0 Å². The van der Waals surface area contributed by atoms with Gasteiger partial charge in [-0.2, -0.15) is 0 Å². The molecule has 1 atom stereocenters. The number of methoxy groups -OCH3 is 1. The Kier molecular flexibility index (Phi) is 5.40. The standard InChI is InChI=1S/C16H19ClN4O4/c1-24-13-3-2-10(17)8-11(13)18-14(22)9-12-15(23)20-16(19-12)21-4-6-25-7-5-21/h2-3,8,12H,4-7,9H2,1H3,(H,18,22)(H,19,20,23)/t12-/m1/s1. The van der Waals surface area contributed by atoms with Gasteiger partial charge in [0.15, 0.2) is 0 Å². The van der Waals surface area contributed by atoms with E-state index in [1.807, 2.05) is 4.90 Å². The van der Waals surface area contributed by atoms with Crippen LogP contribution in [0.1, 0.15) is 6.42 Å². The quantitative estimate of drug-likeness (QED) is 0.824. The number of carbonyl (C=O) groups is 2. The van der Waals surface area contributed by atoms with E-state index in [1.54, 1.807) is 18.2 Å². The van der Waals surface area contributed by atoms with Crippen molar-refractivity contribution < 1.29 is 19.1 Å². The first-order valence-corrected chi connectivity index (χ1v) is 8.29. The summed E-state index contributed by atoms with van der Waals surface area (Å²) < 4.78 is 10.5. The molecule has 2 amide bonds. The lowest BCUT2D eigenvalue weighted by Gasteiger charge is -2.27. The van der Waals surface area contributed by atoms with Gasteiger partial charge in [-0.15, -0.1) is 0 Å². The average molecular weight is 367 g/mol. The SMILES string of the molecule is COc1ccc(Cl)cc1NC(=O)C[C@H]1N=C(N2CCOCC2)NC1=O. The minimum Gasteiger partial charge on any atom is -0.495 e. The van der Waals surface area contributed by atoms with Crippen LogP contribution < -0.4 is 15.4 Å². The molecule has 3 rings (SSSR count). The van der Waals surface area contributed by atoms with Crippen molar-refractivity contribution in [2.75, 3.05) is 38.7 Å². The van der Waals surface area contributed by atoms with Crippen LogP contribution in [-0.4, -0.2) is 62.1 Å². The number of guanidine groups is 1. The zero-order valence-corrected chi connectivity index (χ0v) is 14.5. The average Bonchev–Trinajstić information content (AvgIpc) is 2.96. The van der Waals surface area contributed by atoms with Crippen molar-refractivity contribution in [2.24, 2.45) is 4.99 Å². The van der Waals surface area contributed by atoms with Gasteiger partial charge >= 0.3 is 0 Å². The zero-order chi connectivity index (χ0) is 17.8. The van der Waals surface area contributed by atoms with Crippen LogP contribution in [-0.2, 0) is 14.3 Å². The van der Waals surface area contributed by atoms with Crippen LogP contribution in [0.4, 0.5) is 5.69 Å². The van der Waals surface area contributed by atoms with Crippen molar-refractivity contribution in [3.05, 3.63) is 23.2 Å². The van der Waals surface area contributed by atoms with E-state index in [4.69, 9.17) is 21.1 Å². The Balaban J connectivity index is 1.63. The maximum Gasteiger partial charge on any atom is 0.252 e. The number of hydrogen-bond acceptors (Lipinski definition) is 6. The van der Waals surface area contributed by atoms with E-state index in [2.05, 4.69) is 15.6 Å². The first-order valence-electron chi connectivity index (χ1n) is 7.91. The number of nitrogens with zero attached hydrogens (tertiary/aromatic N) is 2. The molecule has 1 saturated heterocycles. The Morgan fingerprint density at radius 1 is 1.48 bits per heavy atom. The molecule has 9 heteroatoms. The molecule has 8 nitrogen and oxygen atoms in total. The number of ether oxygens (including phenoxy) is 2. The minimum atomic E-state index is -0.747. The van der Waals surface area contributed by atoms with Gasteiger partial charge in [-0.3, -0.25) is 14.9 Å². The second-order valence-corrected chi connectivity index (χ2v) is 6.09. The molecule has 0 saturated carbocycles. The first kappa shape index (κ1) is 17.5. The van der Waals surface area contributed by atoms with Crippen molar-refractivity contribution in [1.82, 2.24) is 10.2 Å². The summed E-state index contributed by atoms with van der Waals surface area (Å²) in [5.41, 5.74) is 0.454. The molecule has 25 heavy (non-hydrogen) atoms. The third kappa shape index (κ3) is 4.21. The molecule has 0 spiro atoms. The highest BCUT2D eigenvalue weighted by atomic mass is 35.5. The van der Waals surface area contributed by atoms with Crippen molar-refractivity contribution in [2.45, 2.75) is 12.5 Å². The smallest absolute Gasteiger partial charge is 0.252 e. The lowest BCUT2D eigenvalue weighted by Crippen LogP contribution is -2.46. The van der Waals surface area contributed by atoms with Gasteiger partial charge in [0.05, 0.1) is 32.4 Å². The summed E-state index contributed by atoms with van der Waals surface area (Å²) in [4.78, 5) is 30.7. The van der Waals surface area contributed by atoms with E-state index < -0.39 is 6.04 Å². The maximum atomic E-state index is 12.3. The molecule has 134 valence electrons. The number of benzene rings is 1. The monoisotopic (exact) mass is 366 g/mol. The number of morpholine rings is 1. The van der Waals surface area contributed by atoms with Crippen molar-refractivity contribution in [1.29, 1.82) is 0 Å². The minimum absolute atomic E-state index is 0.0602. The molecule has 1 fully saturated rings. The molecule has 1 aromatic carbocycles. The molecule has 0 unspecified atom stereocenters. The number of rotatable bonds is 4. The second kappa shape index (κ2) is 7.71. The third-order valence-corrected chi connectivity index (χ3v) is 4.18. The van der Waals surface area contributed by atoms with Crippen LogP contribution >= 0.6 is 11.6 Å². The summed E-state index contributed by atoms with van der Waals surface area (Å²) in [7, 11) is 1.50. The second-order valence-electron chi connectivity index (χ2n) is 5.65. The summed E-state index contributed by atoms with van der Waals surface area (Å²) in [6, 6.07) is 4.17. The molecule has 2 aliphatic rings. The number of hydrogen-bond donors (Lipinski definition) is 2. The van der Waals surface area contributed by atoms with Gasteiger partial charge in [0.25, 0.3) is 5.91 Å². The number of anilines is 1. The molecule has 2 N–H and O–H groups in total. The fourth-order valence-electron chi connectivity index (χ4n) is 2.66. The first-order chi connectivity index (χ1) is 12.1. The number of halogens is 1. The Labute approximate surface area is 150 Å².